The van der Waals surface area contributed by atoms with E-state index in [1.165, 1.54) is 0 Å². The lowest BCUT2D eigenvalue weighted by atomic mass is 9.96. The van der Waals surface area contributed by atoms with Crippen LogP contribution in [0.2, 0.25) is 0 Å². The summed E-state index contributed by atoms with van der Waals surface area (Å²) in [6.07, 6.45) is 6.13. The van der Waals surface area contributed by atoms with Gasteiger partial charge >= 0.3 is 0 Å². The van der Waals surface area contributed by atoms with Crippen molar-refractivity contribution in [1.82, 2.24) is 25.3 Å². The minimum atomic E-state index is -0.411. The average molecular weight is 522 g/mol. The van der Waals surface area contributed by atoms with Crippen LogP contribution >= 0.6 is 0 Å². The Labute approximate surface area is 225 Å². The van der Waals surface area contributed by atoms with Crippen LogP contribution in [0, 0.1) is 5.82 Å². The Morgan fingerprint density at radius 3 is 2.54 bits per heavy atom. The minimum Gasteiger partial charge on any atom is -0.508 e. The van der Waals surface area contributed by atoms with E-state index in [1.807, 2.05) is 30.3 Å². The maximum atomic E-state index is 16.5. The van der Waals surface area contributed by atoms with Crippen molar-refractivity contribution in [1.29, 1.82) is 0 Å². The maximum absolute atomic E-state index is 16.5. The number of aromatic hydroxyl groups is 1. The molecule has 2 aliphatic rings. The van der Waals surface area contributed by atoms with Gasteiger partial charge in [0.25, 0.3) is 0 Å². The Kier molecular flexibility index (Phi) is 5.93. The largest absolute Gasteiger partial charge is 0.508 e. The van der Waals surface area contributed by atoms with Gasteiger partial charge in [0.2, 0.25) is 5.95 Å². The van der Waals surface area contributed by atoms with Crippen molar-refractivity contribution in [2.24, 2.45) is 0 Å². The summed E-state index contributed by atoms with van der Waals surface area (Å²) >= 11 is 0. The van der Waals surface area contributed by atoms with Crippen LogP contribution in [0.1, 0.15) is 18.7 Å². The highest BCUT2D eigenvalue weighted by Gasteiger charge is 2.34. The zero-order valence-corrected chi connectivity index (χ0v) is 21.3. The van der Waals surface area contributed by atoms with Crippen molar-refractivity contribution >= 4 is 33.4 Å². The van der Waals surface area contributed by atoms with Crippen molar-refractivity contribution in [2.45, 2.75) is 31.3 Å². The number of hydrogen-bond donors (Lipinski definition) is 3. The number of anilines is 2. The second kappa shape index (κ2) is 9.74. The molecular weight excluding hydrogens is 493 g/mol. The fraction of sp³-hybridized carbons (Fsp3) is 0.267. The first kappa shape index (κ1) is 23.7. The molecule has 2 bridgehead atoms. The summed E-state index contributed by atoms with van der Waals surface area (Å²) < 4.78 is 16.5. The molecule has 7 rings (SSSR count). The van der Waals surface area contributed by atoms with E-state index < -0.39 is 5.82 Å². The fourth-order valence-corrected chi connectivity index (χ4v) is 5.92. The quantitative estimate of drug-likeness (QED) is 0.296. The van der Waals surface area contributed by atoms with E-state index in [9.17, 15) is 5.11 Å². The number of benzene rings is 3. The van der Waals surface area contributed by atoms with Crippen molar-refractivity contribution < 1.29 is 9.50 Å². The SMILES string of the molecule is Oc1cc(-c2ccc3c(N4CC5CCC(C4)N5)nc(CCNc4ncccn4)nc3c2F)c2ccccc2c1. The zero-order chi connectivity index (χ0) is 26.3. The third-order valence-electron chi connectivity index (χ3n) is 7.68. The van der Waals surface area contributed by atoms with Gasteiger partial charge in [-0.25, -0.2) is 24.3 Å². The molecule has 0 saturated carbocycles. The molecule has 2 atom stereocenters. The van der Waals surface area contributed by atoms with Crippen LogP contribution in [0.4, 0.5) is 16.2 Å². The minimum absolute atomic E-state index is 0.0951. The summed E-state index contributed by atoms with van der Waals surface area (Å²) in [6.45, 7) is 2.18. The molecule has 3 N–H and O–H groups in total. The maximum Gasteiger partial charge on any atom is 0.222 e. The second-order valence-corrected chi connectivity index (χ2v) is 10.3. The third-order valence-corrected chi connectivity index (χ3v) is 7.68. The predicted octanol–water partition coefficient (Wildman–Crippen LogP) is 4.68. The number of phenolic OH excluding ortho intramolecular Hbond substituents is 1. The normalized spacial score (nSPS) is 18.6. The predicted molar refractivity (Wildman–Crippen MR) is 150 cm³/mol. The van der Waals surface area contributed by atoms with E-state index in [2.05, 4.69) is 25.5 Å². The van der Waals surface area contributed by atoms with Crippen molar-refractivity contribution in [2.75, 3.05) is 29.9 Å². The van der Waals surface area contributed by atoms with Crippen LogP contribution in [0.15, 0.2) is 67.0 Å². The lowest BCUT2D eigenvalue weighted by Gasteiger charge is -2.34. The van der Waals surface area contributed by atoms with Gasteiger partial charge in [-0.15, -0.1) is 0 Å². The molecule has 0 amide bonds. The van der Waals surface area contributed by atoms with E-state index in [0.717, 1.165) is 42.5 Å². The van der Waals surface area contributed by atoms with Gasteiger partial charge in [0, 0.05) is 61.5 Å². The summed E-state index contributed by atoms with van der Waals surface area (Å²) in [7, 11) is 0. The number of halogens is 1. The first-order chi connectivity index (χ1) is 19.1. The van der Waals surface area contributed by atoms with Gasteiger partial charge in [0.1, 0.15) is 22.9 Å². The molecule has 196 valence electrons. The van der Waals surface area contributed by atoms with Crippen LogP contribution in [0.5, 0.6) is 5.75 Å². The van der Waals surface area contributed by atoms with Gasteiger partial charge in [-0.3, -0.25) is 0 Å². The summed E-state index contributed by atoms with van der Waals surface area (Å²) in [5.41, 5.74) is 1.33. The first-order valence-corrected chi connectivity index (χ1v) is 13.4. The number of nitrogens with zero attached hydrogens (tertiary/aromatic N) is 5. The van der Waals surface area contributed by atoms with Crippen LogP contribution in [0.3, 0.4) is 0 Å². The molecular formula is C30H28FN7O. The van der Waals surface area contributed by atoms with Crippen LogP contribution in [-0.4, -0.2) is 56.8 Å². The van der Waals surface area contributed by atoms with E-state index in [0.29, 0.717) is 58.9 Å². The van der Waals surface area contributed by atoms with E-state index in [1.54, 1.807) is 36.7 Å². The highest BCUT2D eigenvalue weighted by Crippen LogP contribution is 2.38. The van der Waals surface area contributed by atoms with E-state index in [4.69, 9.17) is 9.97 Å². The highest BCUT2D eigenvalue weighted by atomic mass is 19.1. The lowest BCUT2D eigenvalue weighted by molar-refractivity contribution is 0.464. The molecule has 3 aromatic carbocycles. The molecule has 8 nitrogen and oxygen atoms in total. The molecule has 2 saturated heterocycles. The van der Waals surface area contributed by atoms with Gasteiger partial charge in [-0.2, -0.15) is 0 Å². The molecule has 0 aliphatic carbocycles. The van der Waals surface area contributed by atoms with E-state index >= 15 is 4.39 Å². The van der Waals surface area contributed by atoms with Crippen LogP contribution in [-0.2, 0) is 6.42 Å². The Morgan fingerprint density at radius 2 is 1.72 bits per heavy atom. The topological polar surface area (TPSA) is 99.1 Å². The Balaban J connectivity index is 1.33. The van der Waals surface area contributed by atoms with Crippen molar-refractivity contribution in [3.63, 3.8) is 0 Å². The van der Waals surface area contributed by atoms with Gasteiger partial charge in [-0.1, -0.05) is 30.3 Å². The molecule has 5 aromatic rings. The number of phenols is 1. The van der Waals surface area contributed by atoms with Crippen molar-refractivity contribution in [3.05, 3.63) is 78.6 Å². The van der Waals surface area contributed by atoms with Crippen LogP contribution < -0.4 is 15.5 Å². The Hall–Kier alpha value is -4.37. The van der Waals surface area contributed by atoms with Crippen LogP contribution in [0.25, 0.3) is 32.8 Å². The monoisotopic (exact) mass is 521 g/mol. The molecule has 39 heavy (non-hydrogen) atoms. The Morgan fingerprint density at radius 1 is 0.923 bits per heavy atom. The molecule has 0 radical (unpaired) electrons. The third kappa shape index (κ3) is 4.48. The number of aromatic nitrogens is 4. The summed E-state index contributed by atoms with van der Waals surface area (Å²) in [4.78, 5) is 20.4. The average Bonchev–Trinajstić information content (AvgIpc) is 3.30. The van der Waals surface area contributed by atoms with Gasteiger partial charge in [-0.05, 0) is 53.4 Å². The number of fused-ring (bicyclic) bond motifs is 4. The molecule has 2 fully saturated rings. The molecule has 2 aliphatic heterocycles. The number of piperazine rings is 1. The molecule has 2 aromatic heterocycles. The van der Waals surface area contributed by atoms with Gasteiger partial charge < -0.3 is 20.6 Å². The van der Waals surface area contributed by atoms with Crippen molar-refractivity contribution in [3.8, 4) is 16.9 Å². The lowest BCUT2D eigenvalue weighted by Crippen LogP contribution is -2.51. The first-order valence-electron chi connectivity index (χ1n) is 13.4. The Bertz CT molecular complexity index is 1670. The fourth-order valence-electron chi connectivity index (χ4n) is 5.92. The number of rotatable bonds is 6. The summed E-state index contributed by atoms with van der Waals surface area (Å²) in [5, 5.41) is 19.7. The van der Waals surface area contributed by atoms with E-state index in [-0.39, 0.29) is 5.75 Å². The van der Waals surface area contributed by atoms with Gasteiger partial charge in [0.05, 0.1) is 0 Å². The smallest absolute Gasteiger partial charge is 0.222 e. The highest BCUT2D eigenvalue weighted by molar-refractivity contribution is 6.01. The summed E-state index contributed by atoms with van der Waals surface area (Å²) in [6, 6.07) is 17.3. The standard InChI is InChI=1S/C30H28FN7O/c31-27-23(25-15-21(39)14-18-4-1-2-5-22(18)25)8-9-24-28(27)36-26(10-13-34-30-32-11-3-12-33-30)37-29(24)38-16-19-6-7-20(17-38)35-19/h1-5,8-9,11-12,14-15,19-20,35,39H,6-7,10,13,16-17H2,(H,32,33,34). The zero-order valence-electron chi connectivity index (χ0n) is 21.3. The molecule has 9 heteroatoms. The number of nitrogens with one attached hydrogen (secondary N) is 2. The van der Waals surface area contributed by atoms with Gasteiger partial charge in [0.15, 0.2) is 5.82 Å². The molecule has 0 spiro atoms. The molecule has 2 unspecified atom stereocenters. The second-order valence-electron chi connectivity index (χ2n) is 10.3. The number of hydrogen-bond acceptors (Lipinski definition) is 8. The molecule has 4 heterocycles. The summed E-state index contributed by atoms with van der Waals surface area (Å²) in [5.74, 6) is 1.55.